The first kappa shape index (κ1) is 8.76. The Morgan fingerprint density at radius 2 is 2.06 bits per heavy atom. The van der Waals surface area contributed by atoms with Crippen molar-refractivity contribution in [3.8, 4) is 0 Å². The Morgan fingerprint density at radius 3 is 2.88 bits per heavy atom. The van der Waals surface area contributed by atoms with Crippen molar-refractivity contribution < 1.29 is 0 Å². The first-order valence-electron chi connectivity index (χ1n) is 6.04. The summed E-state index contributed by atoms with van der Waals surface area (Å²) in [7, 11) is 0. The van der Waals surface area contributed by atoms with Gasteiger partial charge in [0.1, 0.15) is 5.82 Å². The van der Waals surface area contributed by atoms with Crippen molar-refractivity contribution in [1.29, 1.82) is 0 Å². The summed E-state index contributed by atoms with van der Waals surface area (Å²) in [6, 6.07) is 8.25. The zero-order valence-electron chi connectivity index (χ0n) is 9.19. The molecule has 1 aliphatic carbocycles. The van der Waals surface area contributed by atoms with E-state index in [1.165, 1.54) is 19.5 Å². The van der Waals surface area contributed by atoms with Crippen LogP contribution in [0.4, 0.5) is 0 Å². The molecule has 4 rings (SSSR count). The number of nitrogens with zero attached hydrogens (tertiary/aromatic N) is 2. The van der Waals surface area contributed by atoms with Gasteiger partial charge in [-0.25, -0.2) is 4.98 Å². The maximum atomic E-state index is 4.62. The molecule has 16 heavy (non-hydrogen) atoms. The number of nitrogens with one attached hydrogen (secondary N) is 1. The van der Waals surface area contributed by atoms with E-state index in [4.69, 9.17) is 0 Å². The normalized spacial score (nSPS) is 28.5. The zero-order valence-corrected chi connectivity index (χ0v) is 9.19. The molecular weight excluding hydrogens is 198 g/mol. The number of rotatable bonds is 2. The fourth-order valence-electron chi connectivity index (χ4n) is 2.92. The van der Waals surface area contributed by atoms with E-state index in [1.807, 2.05) is 6.07 Å². The lowest BCUT2D eigenvalue weighted by molar-refractivity contribution is 0.291. The van der Waals surface area contributed by atoms with Crippen LogP contribution in [0.2, 0.25) is 0 Å². The molecule has 1 saturated heterocycles. The smallest absolute Gasteiger partial charge is 0.121 e. The molecule has 2 aromatic rings. The topological polar surface area (TPSA) is 31.9 Å². The zero-order chi connectivity index (χ0) is 10.5. The van der Waals surface area contributed by atoms with Crippen LogP contribution in [0.5, 0.6) is 0 Å². The molecule has 0 bridgehead atoms. The lowest BCUT2D eigenvalue weighted by atomic mass is 10.3. The summed E-state index contributed by atoms with van der Waals surface area (Å²) in [6.07, 6.45) is 1.47. The fraction of sp³-hybridized carbons (Fsp3) is 0.462. The van der Waals surface area contributed by atoms with Crippen LogP contribution >= 0.6 is 0 Å². The lowest BCUT2D eigenvalue weighted by Crippen LogP contribution is -2.22. The maximum Gasteiger partial charge on any atom is 0.121 e. The number of H-pyrrole nitrogens is 1. The summed E-state index contributed by atoms with van der Waals surface area (Å²) < 4.78 is 0. The maximum absolute atomic E-state index is 4.62. The number of likely N-dealkylation sites (tertiary alicyclic amines) is 1. The standard InChI is InChI=1S/C13H15N3/c1-2-4-12-11(3-1)14-13(15-12)8-16-6-9-5-10(9)7-16/h1-4,9-10H,5-8H2,(H,14,15)/t9-,10+. The molecule has 1 saturated carbocycles. The highest BCUT2D eigenvalue weighted by Crippen LogP contribution is 2.45. The predicted molar refractivity (Wildman–Crippen MR) is 63.0 cm³/mol. The Hall–Kier alpha value is -1.35. The van der Waals surface area contributed by atoms with Gasteiger partial charge in [0.05, 0.1) is 17.6 Å². The number of hydrogen-bond acceptors (Lipinski definition) is 2. The number of benzene rings is 1. The van der Waals surface area contributed by atoms with E-state index in [9.17, 15) is 0 Å². The van der Waals surface area contributed by atoms with Crippen molar-refractivity contribution in [3.05, 3.63) is 30.1 Å². The third-order valence-corrected chi connectivity index (χ3v) is 3.87. The van der Waals surface area contributed by atoms with Gasteiger partial charge in [-0.15, -0.1) is 0 Å². The molecule has 82 valence electrons. The SMILES string of the molecule is c1ccc2[nH]c(CN3C[C@H]4C[C@H]4C3)nc2c1. The fourth-order valence-corrected chi connectivity index (χ4v) is 2.92. The third kappa shape index (κ3) is 1.35. The summed E-state index contributed by atoms with van der Waals surface area (Å²) >= 11 is 0. The number of fused-ring (bicyclic) bond motifs is 2. The highest BCUT2D eigenvalue weighted by atomic mass is 15.2. The van der Waals surface area contributed by atoms with Crippen molar-refractivity contribution in [2.75, 3.05) is 13.1 Å². The molecule has 1 aromatic heterocycles. The Bertz CT molecular complexity index is 488. The number of para-hydroxylation sites is 2. The van der Waals surface area contributed by atoms with Gasteiger partial charge >= 0.3 is 0 Å². The molecule has 0 radical (unpaired) electrons. The summed E-state index contributed by atoms with van der Waals surface area (Å²) in [5.74, 6) is 3.12. The van der Waals surface area contributed by atoms with Crippen LogP contribution in [0.25, 0.3) is 11.0 Å². The van der Waals surface area contributed by atoms with Crippen molar-refractivity contribution in [2.45, 2.75) is 13.0 Å². The van der Waals surface area contributed by atoms with E-state index in [0.29, 0.717) is 0 Å². The first-order valence-corrected chi connectivity index (χ1v) is 6.04. The lowest BCUT2D eigenvalue weighted by Gasteiger charge is -2.14. The molecule has 0 unspecified atom stereocenters. The Balaban J connectivity index is 1.57. The molecule has 2 heterocycles. The highest BCUT2D eigenvalue weighted by molar-refractivity contribution is 5.74. The van der Waals surface area contributed by atoms with Gasteiger partial charge in [0, 0.05) is 13.1 Å². The van der Waals surface area contributed by atoms with E-state index in [1.54, 1.807) is 0 Å². The van der Waals surface area contributed by atoms with Gasteiger partial charge in [0.15, 0.2) is 0 Å². The van der Waals surface area contributed by atoms with Gasteiger partial charge in [-0.1, -0.05) is 12.1 Å². The van der Waals surface area contributed by atoms with Gasteiger partial charge in [-0.2, -0.15) is 0 Å². The number of aromatic nitrogens is 2. The number of hydrogen-bond donors (Lipinski definition) is 1. The molecular formula is C13H15N3. The molecule has 1 N–H and O–H groups in total. The molecule has 1 aliphatic heterocycles. The second-order valence-electron chi connectivity index (χ2n) is 5.15. The van der Waals surface area contributed by atoms with Crippen LogP contribution in [0, 0.1) is 11.8 Å². The molecule has 2 fully saturated rings. The van der Waals surface area contributed by atoms with Gasteiger partial charge < -0.3 is 4.98 Å². The average molecular weight is 213 g/mol. The van der Waals surface area contributed by atoms with Crippen molar-refractivity contribution >= 4 is 11.0 Å². The van der Waals surface area contributed by atoms with Crippen molar-refractivity contribution in [1.82, 2.24) is 14.9 Å². The summed E-state index contributed by atoms with van der Waals surface area (Å²) in [5.41, 5.74) is 2.24. The van der Waals surface area contributed by atoms with E-state index < -0.39 is 0 Å². The highest BCUT2D eigenvalue weighted by Gasteiger charge is 2.44. The minimum Gasteiger partial charge on any atom is -0.341 e. The van der Waals surface area contributed by atoms with Crippen molar-refractivity contribution in [3.63, 3.8) is 0 Å². The second kappa shape index (κ2) is 3.08. The summed E-state index contributed by atoms with van der Waals surface area (Å²) in [4.78, 5) is 10.5. The van der Waals surface area contributed by atoms with Crippen LogP contribution in [-0.2, 0) is 6.54 Å². The van der Waals surface area contributed by atoms with Crippen LogP contribution in [0.1, 0.15) is 12.2 Å². The summed E-state index contributed by atoms with van der Waals surface area (Å²) in [6.45, 7) is 3.55. The minimum atomic E-state index is 0.988. The largest absolute Gasteiger partial charge is 0.341 e. The van der Waals surface area contributed by atoms with Crippen molar-refractivity contribution in [2.24, 2.45) is 11.8 Å². The van der Waals surface area contributed by atoms with Crippen LogP contribution < -0.4 is 0 Å². The van der Waals surface area contributed by atoms with Crippen LogP contribution in [0.15, 0.2) is 24.3 Å². The Kier molecular flexibility index (Phi) is 1.68. The summed E-state index contributed by atoms with van der Waals surface area (Å²) in [5, 5.41) is 0. The van der Waals surface area contributed by atoms with E-state index in [-0.39, 0.29) is 0 Å². The molecule has 3 nitrogen and oxygen atoms in total. The van der Waals surface area contributed by atoms with E-state index in [2.05, 4.69) is 33.1 Å². The van der Waals surface area contributed by atoms with Gasteiger partial charge in [-0.05, 0) is 30.4 Å². The third-order valence-electron chi connectivity index (χ3n) is 3.87. The minimum absolute atomic E-state index is 0.988. The monoisotopic (exact) mass is 213 g/mol. The van der Waals surface area contributed by atoms with Crippen LogP contribution in [0.3, 0.4) is 0 Å². The Labute approximate surface area is 94.5 Å². The molecule has 2 atom stereocenters. The molecule has 0 amide bonds. The van der Waals surface area contributed by atoms with Gasteiger partial charge in [0.25, 0.3) is 0 Å². The van der Waals surface area contributed by atoms with E-state index >= 15 is 0 Å². The molecule has 0 spiro atoms. The number of imidazole rings is 1. The molecule has 1 aromatic carbocycles. The quantitative estimate of drug-likeness (QED) is 0.827. The molecule has 2 aliphatic rings. The number of piperidine rings is 1. The predicted octanol–water partition coefficient (Wildman–Crippen LogP) is 2.01. The second-order valence-corrected chi connectivity index (χ2v) is 5.15. The van der Waals surface area contributed by atoms with E-state index in [0.717, 1.165) is 35.2 Å². The first-order chi connectivity index (χ1) is 7.88. The van der Waals surface area contributed by atoms with Gasteiger partial charge in [-0.3, -0.25) is 4.90 Å². The molecule has 3 heteroatoms. The van der Waals surface area contributed by atoms with Gasteiger partial charge in [0.2, 0.25) is 0 Å². The Morgan fingerprint density at radius 1 is 1.25 bits per heavy atom. The number of aromatic amines is 1. The van der Waals surface area contributed by atoms with Crippen LogP contribution in [-0.4, -0.2) is 28.0 Å². The average Bonchev–Trinajstić information content (AvgIpc) is 2.75.